The molecule has 5 rings (SSSR count). The van der Waals surface area contributed by atoms with Gasteiger partial charge in [0.25, 0.3) is 0 Å². The van der Waals surface area contributed by atoms with Crippen LogP contribution in [-0.4, -0.2) is 25.0 Å². The van der Waals surface area contributed by atoms with Gasteiger partial charge in [0.1, 0.15) is 23.1 Å². The molecule has 3 heterocycles. The summed E-state index contributed by atoms with van der Waals surface area (Å²) in [7, 11) is 0. The molecule has 0 saturated carbocycles. The van der Waals surface area contributed by atoms with Crippen LogP contribution >= 0.6 is 0 Å². The van der Waals surface area contributed by atoms with Crippen LogP contribution in [0.5, 0.6) is 23.0 Å². The zero-order chi connectivity index (χ0) is 20.2. The van der Waals surface area contributed by atoms with Gasteiger partial charge in [0.05, 0.1) is 5.92 Å². The minimum absolute atomic E-state index is 0.0354. The molecule has 0 aromatic heterocycles. The Labute approximate surface area is 169 Å². The minimum Gasteiger partial charge on any atom is -0.508 e. The van der Waals surface area contributed by atoms with Crippen molar-refractivity contribution < 1.29 is 19.3 Å². The number of nitriles is 1. The second-order valence-corrected chi connectivity index (χ2v) is 7.07. The average molecular weight is 393 g/mol. The molecule has 0 aliphatic carbocycles. The second-order valence-electron chi connectivity index (χ2n) is 7.07. The number of nitrogens with two attached hydrogens (primary N) is 1. The first-order valence-electron chi connectivity index (χ1n) is 9.68. The Hall–Kier alpha value is -3.37. The molecule has 150 valence electrons. The Balaban J connectivity index is 0.000000294. The van der Waals surface area contributed by atoms with E-state index in [4.69, 9.17) is 19.9 Å². The molecule has 1 saturated heterocycles. The zero-order valence-corrected chi connectivity index (χ0v) is 16.0. The van der Waals surface area contributed by atoms with Crippen LogP contribution in [0.2, 0.25) is 0 Å². The van der Waals surface area contributed by atoms with Crippen LogP contribution < -0.4 is 25.3 Å². The van der Waals surface area contributed by atoms with E-state index in [-0.39, 0.29) is 24.3 Å². The molecule has 4 N–H and O–H groups in total. The number of hydrogen-bond acceptors (Lipinski definition) is 7. The zero-order valence-electron chi connectivity index (χ0n) is 16.0. The number of ether oxygens (including phenoxy) is 3. The summed E-state index contributed by atoms with van der Waals surface area (Å²) >= 11 is 0. The molecule has 2 aromatic carbocycles. The van der Waals surface area contributed by atoms with E-state index in [1.807, 2.05) is 12.1 Å². The summed E-state index contributed by atoms with van der Waals surface area (Å²) in [6.07, 6.45) is 4.22. The molecule has 0 spiro atoms. The van der Waals surface area contributed by atoms with Crippen LogP contribution in [0.1, 0.15) is 36.3 Å². The number of piperidine rings is 1. The highest BCUT2D eigenvalue weighted by atomic mass is 16.7. The lowest BCUT2D eigenvalue weighted by molar-refractivity contribution is 0.174. The number of rotatable bonds is 1. The number of aromatic hydroxyl groups is 1. The van der Waals surface area contributed by atoms with Gasteiger partial charge < -0.3 is 30.4 Å². The number of fused-ring (bicyclic) bond motifs is 2. The molecule has 0 bridgehead atoms. The first-order valence-corrected chi connectivity index (χ1v) is 9.68. The Morgan fingerprint density at radius 3 is 2.48 bits per heavy atom. The largest absolute Gasteiger partial charge is 0.508 e. The number of allylic oxidation sites excluding steroid dienone is 1. The highest BCUT2D eigenvalue weighted by molar-refractivity contribution is 5.59. The molecule has 3 aliphatic rings. The summed E-state index contributed by atoms with van der Waals surface area (Å²) < 4.78 is 16.2. The first-order chi connectivity index (χ1) is 14.2. The Bertz CT molecular complexity index is 965. The van der Waals surface area contributed by atoms with Crippen molar-refractivity contribution in [1.29, 1.82) is 5.26 Å². The third kappa shape index (κ3) is 3.93. The maximum atomic E-state index is 9.64. The highest BCUT2D eigenvalue weighted by Crippen LogP contribution is 2.45. The highest BCUT2D eigenvalue weighted by Gasteiger charge is 2.31. The van der Waals surface area contributed by atoms with Crippen molar-refractivity contribution in [2.45, 2.75) is 25.2 Å². The van der Waals surface area contributed by atoms with E-state index in [0.717, 1.165) is 11.1 Å². The molecule has 29 heavy (non-hydrogen) atoms. The predicted octanol–water partition coefficient (Wildman–Crippen LogP) is 3.10. The number of nitrogens with zero attached hydrogens (tertiary/aromatic N) is 1. The van der Waals surface area contributed by atoms with Crippen molar-refractivity contribution in [1.82, 2.24) is 5.32 Å². The monoisotopic (exact) mass is 393 g/mol. The lowest BCUT2D eigenvalue weighted by Crippen LogP contribution is -2.21. The number of nitrogens with one attached hydrogen (secondary N) is 1. The van der Waals surface area contributed by atoms with Crippen molar-refractivity contribution >= 4 is 0 Å². The van der Waals surface area contributed by atoms with Crippen molar-refractivity contribution in [3.63, 3.8) is 0 Å². The SMILES string of the molecule is C1CCNCC1.N#CC1=C(N)Oc2cc(O)ccc2C1c1ccc2c(c1)OCO2. The van der Waals surface area contributed by atoms with Gasteiger partial charge in [-0.05, 0) is 49.7 Å². The van der Waals surface area contributed by atoms with E-state index < -0.39 is 0 Å². The maximum Gasteiger partial charge on any atom is 0.231 e. The summed E-state index contributed by atoms with van der Waals surface area (Å²) in [4.78, 5) is 0. The summed E-state index contributed by atoms with van der Waals surface area (Å²) in [6.45, 7) is 2.68. The summed E-state index contributed by atoms with van der Waals surface area (Å²) in [6, 6.07) is 12.4. The van der Waals surface area contributed by atoms with Crippen LogP contribution in [0.15, 0.2) is 47.9 Å². The van der Waals surface area contributed by atoms with Gasteiger partial charge in [-0.1, -0.05) is 18.6 Å². The molecule has 1 atom stereocenters. The number of benzene rings is 2. The van der Waals surface area contributed by atoms with Gasteiger partial charge in [0, 0.05) is 11.6 Å². The summed E-state index contributed by atoms with van der Waals surface area (Å²) in [5.41, 5.74) is 7.81. The van der Waals surface area contributed by atoms with Crippen LogP contribution in [0.3, 0.4) is 0 Å². The van der Waals surface area contributed by atoms with E-state index in [1.165, 1.54) is 38.4 Å². The van der Waals surface area contributed by atoms with Gasteiger partial charge in [-0.3, -0.25) is 0 Å². The fourth-order valence-corrected chi connectivity index (χ4v) is 3.68. The first kappa shape index (κ1) is 19.0. The summed E-state index contributed by atoms with van der Waals surface area (Å²) in [5, 5.41) is 22.4. The Kier molecular flexibility index (Phi) is 5.45. The molecule has 7 nitrogen and oxygen atoms in total. The van der Waals surface area contributed by atoms with Crippen LogP contribution in [-0.2, 0) is 0 Å². The fraction of sp³-hybridized carbons (Fsp3) is 0.318. The number of phenols is 1. The number of phenolic OH excluding ortho intramolecular Hbond substituents is 1. The van der Waals surface area contributed by atoms with Crippen molar-refractivity contribution in [3.05, 3.63) is 59.0 Å². The quantitative estimate of drug-likeness (QED) is 0.683. The molecule has 0 amide bonds. The van der Waals surface area contributed by atoms with E-state index in [0.29, 0.717) is 22.8 Å². The van der Waals surface area contributed by atoms with E-state index in [1.54, 1.807) is 18.2 Å². The minimum atomic E-state index is -0.390. The average Bonchev–Trinajstić information content (AvgIpc) is 3.22. The van der Waals surface area contributed by atoms with Gasteiger partial charge >= 0.3 is 0 Å². The molecular weight excluding hydrogens is 370 g/mol. The van der Waals surface area contributed by atoms with E-state index >= 15 is 0 Å². The maximum absolute atomic E-state index is 9.64. The molecular formula is C22H23N3O4. The van der Waals surface area contributed by atoms with Gasteiger partial charge in [0.15, 0.2) is 11.5 Å². The molecule has 0 radical (unpaired) electrons. The van der Waals surface area contributed by atoms with E-state index in [2.05, 4.69) is 11.4 Å². The van der Waals surface area contributed by atoms with Crippen LogP contribution in [0, 0.1) is 11.3 Å². The van der Waals surface area contributed by atoms with Gasteiger partial charge in [-0.25, -0.2) is 0 Å². The molecule has 1 unspecified atom stereocenters. The smallest absolute Gasteiger partial charge is 0.231 e. The standard InChI is InChI=1S/C17H12N2O4.C5H11N/c18-7-12-16(9-1-4-13-15(5-9)22-8-21-13)11-3-2-10(20)6-14(11)23-17(12)19;1-2-4-6-5-3-1/h1-6,16,20H,8,19H2;6H,1-5H2. The van der Waals surface area contributed by atoms with Crippen LogP contribution in [0.25, 0.3) is 0 Å². The lowest BCUT2D eigenvalue weighted by Gasteiger charge is -2.26. The fourth-order valence-electron chi connectivity index (χ4n) is 3.68. The molecule has 3 aliphatic heterocycles. The molecule has 1 fully saturated rings. The third-order valence-electron chi connectivity index (χ3n) is 5.14. The van der Waals surface area contributed by atoms with Crippen molar-refractivity contribution in [2.24, 2.45) is 5.73 Å². The molecule has 2 aromatic rings. The third-order valence-corrected chi connectivity index (χ3v) is 5.14. The van der Waals surface area contributed by atoms with Crippen molar-refractivity contribution in [3.8, 4) is 29.1 Å². The molecule has 7 heteroatoms. The topological polar surface area (TPSA) is 110 Å². The Morgan fingerprint density at radius 1 is 1.00 bits per heavy atom. The predicted molar refractivity (Wildman–Crippen MR) is 107 cm³/mol. The van der Waals surface area contributed by atoms with Gasteiger partial charge in [0.2, 0.25) is 12.7 Å². The van der Waals surface area contributed by atoms with E-state index in [9.17, 15) is 10.4 Å². The van der Waals surface area contributed by atoms with Crippen LogP contribution in [0.4, 0.5) is 0 Å². The summed E-state index contributed by atoms with van der Waals surface area (Å²) in [5.74, 6) is 1.45. The van der Waals surface area contributed by atoms with Gasteiger partial charge in [-0.2, -0.15) is 5.26 Å². The van der Waals surface area contributed by atoms with Crippen molar-refractivity contribution in [2.75, 3.05) is 19.9 Å². The second kappa shape index (κ2) is 8.33. The lowest BCUT2D eigenvalue weighted by atomic mass is 9.83. The van der Waals surface area contributed by atoms with Gasteiger partial charge in [-0.15, -0.1) is 0 Å². The normalized spacial score (nSPS) is 19.3. The Morgan fingerprint density at radius 2 is 1.79 bits per heavy atom. The number of hydrogen-bond donors (Lipinski definition) is 3.